The summed E-state index contributed by atoms with van der Waals surface area (Å²) in [6.45, 7) is 3.09. The van der Waals surface area contributed by atoms with E-state index in [0.717, 1.165) is 6.08 Å². The van der Waals surface area contributed by atoms with Crippen LogP contribution in [0.5, 0.6) is 0 Å². The topological polar surface area (TPSA) is 97.5 Å². The smallest absolute Gasteiger partial charge is 0.439 e. The van der Waals surface area contributed by atoms with Crippen molar-refractivity contribution in [3.63, 3.8) is 0 Å². The van der Waals surface area contributed by atoms with Crippen LogP contribution in [0.15, 0.2) is 12.7 Å². The van der Waals surface area contributed by atoms with Crippen molar-refractivity contribution in [3.05, 3.63) is 12.7 Å². The molecule has 0 fully saturated rings. The normalized spacial score (nSPS) is 6.60. The van der Waals surface area contributed by atoms with E-state index in [1.54, 1.807) is 0 Å². The Labute approximate surface area is 103 Å². The second kappa shape index (κ2) is 12.4. The van der Waals surface area contributed by atoms with E-state index in [2.05, 4.69) is 12.3 Å². The number of hydrogen-bond donors (Lipinski definition) is 2. The first-order valence-electron chi connectivity index (χ1n) is 1.71. The molecule has 0 aromatic rings. The molecule has 0 unspecified atom stereocenters. The van der Waals surface area contributed by atoms with E-state index in [4.69, 9.17) is 13.0 Å². The van der Waals surface area contributed by atoms with Crippen molar-refractivity contribution in [2.45, 2.75) is 0 Å². The molecule has 0 aliphatic carbocycles. The summed E-state index contributed by atoms with van der Waals surface area (Å²) in [5, 5.41) is 0. The molecule has 0 saturated carbocycles. The maximum atomic E-state index is 9.47. The van der Waals surface area contributed by atoms with Crippen molar-refractivity contribution < 1.29 is 69.1 Å². The summed E-state index contributed by atoms with van der Waals surface area (Å²) in [5.74, 6) is -0.481. The van der Waals surface area contributed by atoms with Crippen LogP contribution in [0.3, 0.4) is 0 Å². The predicted octanol–water partition coefficient (Wildman–Crippen LogP) is -3.57. The Morgan fingerprint density at radius 3 is 1.70 bits per heavy atom. The molecule has 0 aliphatic rings. The fourth-order valence-corrected chi connectivity index (χ4v) is 0. The summed E-state index contributed by atoms with van der Waals surface area (Å²) in [7, 11) is -2.86. The first-order chi connectivity index (χ1) is 4.00. The van der Waals surface area contributed by atoms with Gasteiger partial charge in [0.15, 0.2) is 0 Å². The molecule has 54 valence electrons. The minimum absolute atomic E-state index is 0. The number of primary amides is 1. The quantitative estimate of drug-likeness (QED) is 0.147. The Balaban J connectivity index is -0.0000000910. The molecule has 0 rings (SSSR count). The van der Waals surface area contributed by atoms with Crippen LogP contribution in [0.1, 0.15) is 0 Å². The molecule has 0 radical (unpaired) electrons. The Kier molecular flexibility index (Phi) is 21.2. The molecular weight excluding hydrogens is 185 g/mol. The maximum Gasteiger partial charge on any atom is 1.00 e. The zero-order valence-corrected chi connectivity index (χ0v) is 9.38. The first kappa shape index (κ1) is 17.0. The van der Waals surface area contributed by atoms with Crippen molar-refractivity contribution in [2.75, 3.05) is 0 Å². The second-order valence-corrected chi connectivity index (χ2v) is 1.26. The van der Waals surface area contributed by atoms with E-state index in [9.17, 15) is 4.79 Å². The van der Waals surface area contributed by atoms with Crippen molar-refractivity contribution in [1.29, 1.82) is 0 Å². The first-order valence-corrected chi connectivity index (χ1v) is 2.74. The van der Waals surface area contributed by atoms with E-state index < -0.39 is 16.9 Å². The van der Waals surface area contributed by atoms with Crippen molar-refractivity contribution in [3.8, 4) is 0 Å². The average molecular weight is 191 g/mol. The summed E-state index contributed by atoms with van der Waals surface area (Å²) >= 11 is 0. The number of amides is 1. The van der Waals surface area contributed by atoms with Gasteiger partial charge in [-0.25, -0.2) is 0 Å². The summed E-state index contributed by atoms with van der Waals surface area (Å²) in [4.78, 5) is 9.47. The predicted molar refractivity (Wildman–Crippen MR) is 30.8 cm³/mol. The second-order valence-electron chi connectivity index (χ2n) is 0.824. The molecule has 0 aromatic carbocycles. The van der Waals surface area contributed by atoms with Crippen molar-refractivity contribution in [2.24, 2.45) is 5.73 Å². The Hall–Kier alpha value is 0.756. The molecule has 10 heavy (non-hydrogen) atoms. The Morgan fingerprint density at radius 2 is 1.70 bits per heavy atom. The third-order valence-corrected chi connectivity index (χ3v) is 0.201. The van der Waals surface area contributed by atoms with Crippen molar-refractivity contribution in [1.82, 2.24) is 0 Å². The molecule has 0 aliphatic heterocycles. The Bertz CT molecular complexity index is 158. The number of nitrogens with two attached hydrogens (primary N) is 1. The third kappa shape index (κ3) is 69.3. The third-order valence-electron chi connectivity index (χ3n) is 0.201. The number of hydrogen-bond acceptors (Lipinski definition) is 4. The fourth-order valence-electron chi connectivity index (χ4n) is 0. The summed E-state index contributed by atoms with van der Waals surface area (Å²) in [6.07, 6.45) is 1.06. The van der Waals surface area contributed by atoms with Crippen LogP contribution in [0, 0.1) is 0 Å². The molecule has 0 bridgehead atoms. The van der Waals surface area contributed by atoms with E-state index in [-0.39, 0.29) is 51.4 Å². The Morgan fingerprint density at radius 1 is 1.60 bits per heavy atom. The fraction of sp³-hybridized carbons (Fsp3) is 0. The van der Waals surface area contributed by atoms with Crippen LogP contribution < -0.4 is 57.1 Å². The zero-order valence-electron chi connectivity index (χ0n) is 5.44. The van der Waals surface area contributed by atoms with E-state index in [1.165, 1.54) is 0 Å². The molecule has 0 aromatic heterocycles. The van der Waals surface area contributed by atoms with E-state index in [0.29, 0.717) is 0 Å². The van der Waals surface area contributed by atoms with Gasteiger partial charge in [-0.1, -0.05) is 6.58 Å². The number of rotatable bonds is 1. The van der Waals surface area contributed by atoms with Gasteiger partial charge in [0.05, 0.1) is 0 Å². The van der Waals surface area contributed by atoms with Gasteiger partial charge in [-0.15, -0.1) is 0 Å². The molecule has 1 amide bonds. The van der Waals surface area contributed by atoms with E-state index >= 15 is 0 Å². The van der Waals surface area contributed by atoms with Crippen LogP contribution in [-0.4, -0.2) is 10.5 Å². The van der Waals surface area contributed by atoms with Gasteiger partial charge in [0, 0.05) is 11.0 Å². The minimum atomic E-state index is -2.86. The molecule has 3 N–H and O–H groups in total. The standard InChI is InChI=1S/C3H5NO.K.HO3S/c1-2-3(4)5;;1-4(2)3/h2H,1H2,(H2,4,5);;(H,1,2,3)/q;+1;-1. The summed E-state index contributed by atoms with van der Waals surface area (Å²) in [5.41, 5.74) is 4.53. The molecule has 0 atom stereocenters. The van der Waals surface area contributed by atoms with Gasteiger partial charge in [-0.05, 0) is 6.08 Å². The molecule has 5 nitrogen and oxygen atoms in total. The molecule has 7 heteroatoms. The molecular formula is C3H6KNO4S. The largest absolute Gasteiger partial charge is 1.00 e. The SMILES string of the molecule is C=CC(N)=O.O=[S-](=O)O.[K+]. The van der Waals surface area contributed by atoms with Gasteiger partial charge in [-0.2, -0.15) is 0 Å². The zero-order chi connectivity index (χ0) is 7.86. The average Bonchev–Trinajstić information content (AvgIpc) is 1.65. The number of carbonyl (C=O) groups excluding carboxylic acids is 1. The van der Waals surface area contributed by atoms with Gasteiger partial charge in [-0.3, -0.25) is 4.79 Å². The van der Waals surface area contributed by atoms with Crippen molar-refractivity contribution >= 4 is 16.9 Å². The van der Waals surface area contributed by atoms with Crippen LogP contribution in [0.25, 0.3) is 0 Å². The van der Waals surface area contributed by atoms with Crippen LogP contribution in [0.2, 0.25) is 0 Å². The molecule has 0 spiro atoms. The van der Waals surface area contributed by atoms with Crippen LogP contribution >= 0.6 is 0 Å². The van der Waals surface area contributed by atoms with Gasteiger partial charge in [0.1, 0.15) is 0 Å². The minimum Gasteiger partial charge on any atom is -0.439 e. The maximum absolute atomic E-state index is 9.47. The van der Waals surface area contributed by atoms with Gasteiger partial charge >= 0.3 is 51.4 Å². The van der Waals surface area contributed by atoms with Crippen LogP contribution in [-0.2, 0) is 24.2 Å². The summed E-state index contributed by atoms with van der Waals surface area (Å²) in [6, 6.07) is 0. The van der Waals surface area contributed by atoms with E-state index in [1.807, 2.05) is 0 Å². The summed E-state index contributed by atoms with van der Waals surface area (Å²) < 4.78 is 24.1. The van der Waals surface area contributed by atoms with Gasteiger partial charge < -0.3 is 18.7 Å². The van der Waals surface area contributed by atoms with Gasteiger partial charge in [0.25, 0.3) is 0 Å². The van der Waals surface area contributed by atoms with Gasteiger partial charge in [0.2, 0.25) is 5.91 Å². The van der Waals surface area contributed by atoms with Crippen LogP contribution in [0.4, 0.5) is 0 Å². The number of carbonyl (C=O) groups is 1. The molecule has 0 heterocycles. The monoisotopic (exact) mass is 191 g/mol. The molecule has 0 saturated heterocycles.